The number of thioether (sulfide) groups is 1. The van der Waals surface area contributed by atoms with Gasteiger partial charge in [-0.1, -0.05) is 56.6 Å². The van der Waals surface area contributed by atoms with Crippen LogP contribution in [0.15, 0.2) is 35.3 Å². The lowest BCUT2D eigenvalue weighted by molar-refractivity contribution is -0.122. The number of carbonyl (C=O) groups excluding carboxylic acids is 1. The van der Waals surface area contributed by atoms with E-state index in [1.807, 2.05) is 0 Å². The summed E-state index contributed by atoms with van der Waals surface area (Å²) in [6, 6.07) is 0.0726. The summed E-state index contributed by atoms with van der Waals surface area (Å²) >= 11 is 1.62. The molecule has 3 N–H and O–H groups in total. The maximum atomic E-state index is 13.2. The molecule has 0 aromatic carbocycles. The molecule has 166 valence electrons. The minimum Gasteiger partial charge on any atom is -0.346 e. The molecule has 1 amide bonds. The summed E-state index contributed by atoms with van der Waals surface area (Å²) in [5, 5.41) is 3.64. The maximum absolute atomic E-state index is 13.2. The highest BCUT2D eigenvalue weighted by Crippen LogP contribution is 2.55. The van der Waals surface area contributed by atoms with Crippen LogP contribution in [-0.2, 0) is 4.79 Å². The Labute approximate surface area is 187 Å². The number of nitrogens with two attached hydrogens (primary N) is 1. The minimum absolute atomic E-state index is 0.0426. The Balaban J connectivity index is 1.39. The Morgan fingerprint density at radius 3 is 2.47 bits per heavy atom. The Hall–Kier alpha value is -1.00. The van der Waals surface area contributed by atoms with Crippen molar-refractivity contribution < 1.29 is 4.79 Å². The summed E-state index contributed by atoms with van der Waals surface area (Å²) in [5.41, 5.74) is 8.08. The Kier molecular flexibility index (Phi) is 7.14. The van der Waals surface area contributed by atoms with Crippen molar-refractivity contribution in [3.8, 4) is 0 Å². The van der Waals surface area contributed by atoms with Crippen molar-refractivity contribution in [2.45, 2.75) is 101 Å². The van der Waals surface area contributed by atoms with Gasteiger partial charge in [-0.25, -0.2) is 0 Å². The number of carbonyl (C=O) groups is 1. The van der Waals surface area contributed by atoms with E-state index in [0.717, 1.165) is 43.4 Å². The molecule has 0 heterocycles. The van der Waals surface area contributed by atoms with E-state index in [1.54, 1.807) is 11.8 Å². The summed E-state index contributed by atoms with van der Waals surface area (Å²) in [4.78, 5) is 13.9. The largest absolute Gasteiger partial charge is 0.346 e. The monoisotopic (exact) mass is 428 g/mol. The van der Waals surface area contributed by atoms with E-state index < -0.39 is 0 Å². The smallest absolute Gasteiger partial charge is 0.257 e. The van der Waals surface area contributed by atoms with E-state index >= 15 is 0 Å². The number of nitrogens with one attached hydrogen (secondary N) is 1. The van der Waals surface area contributed by atoms with Crippen molar-refractivity contribution >= 4 is 17.7 Å². The molecule has 0 aromatic rings. The molecule has 0 aliphatic heterocycles. The van der Waals surface area contributed by atoms with Crippen LogP contribution in [0.2, 0.25) is 0 Å². The fraction of sp³-hybridized carbons (Fsp3) is 0.731. The van der Waals surface area contributed by atoms with Gasteiger partial charge in [0.05, 0.1) is 4.91 Å². The quantitative estimate of drug-likeness (QED) is 0.338. The average molecular weight is 429 g/mol. The van der Waals surface area contributed by atoms with Crippen LogP contribution in [0.1, 0.15) is 84.0 Å². The number of allylic oxidation sites excluding steroid dienone is 3. The van der Waals surface area contributed by atoms with Crippen molar-refractivity contribution in [1.29, 1.82) is 0 Å². The fourth-order valence-electron chi connectivity index (χ4n) is 6.86. The Morgan fingerprint density at radius 2 is 1.90 bits per heavy atom. The number of hydrogen-bond acceptors (Lipinski definition) is 3. The van der Waals surface area contributed by atoms with Crippen molar-refractivity contribution in [2.24, 2.45) is 23.5 Å². The highest BCUT2D eigenvalue weighted by molar-refractivity contribution is 8.04. The lowest BCUT2D eigenvalue weighted by Crippen LogP contribution is -2.60. The van der Waals surface area contributed by atoms with E-state index in [9.17, 15) is 4.79 Å². The summed E-state index contributed by atoms with van der Waals surface area (Å²) in [5.74, 6) is 2.55. The lowest BCUT2D eigenvalue weighted by Gasteiger charge is -2.56. The molecule has 4 heteroatoms. The zero-order valence-corrected chi connectivity index (χ0v) is 19.5. The molecule has 0 saturated heterocycles. The van der Waals surface area contributed by atoms with E-state index in [0.29, 0.717) is 4.91 Å². The van der Waals surface area contributed by atoms with Gasteiger partial charge in [-0.15, -0.1) is 11.8 Å². The summed E-state index contributed by atoms with van der Waals surface area (Å²) in [7, 11) is 0. The third-order valence-corrected chi connectivity index (χ3v) is 9.26. The zero-order valence-electron chi connectivity index (χ0n) is 18.7. The first-order valence-electron chi connectivity index (χ1n) is 12.3. The number of unbranched alkanes of at least 4 members (excludes halogenated alkanes) is 2. The summed E-state index contributed by atoms with van der Waals surface area (Å²) in [6.07, 6.45) is 21.0. The molecule has 0 aromatic heterocycles. The average Bonchev–Trinajstić information content (AvgIpc) is 2.71. The molecule has 5 aliphatic rings. The molecule has 0 spiro atoms. The molecule has 3 nitrogen and oxygen atoms in total. The van der Waals surface area contributed by atoms with Gasteiger partial charge in [-0.2, -0.15) is 0 Å². The van der Waals surface area contributed by atoms with Gasteiger partial charge >= 0.3 is 0 Å². The van der Waals surface area contributed by atoms with Crippen LogP contribution < -0.4 is 11.1 Å². The van der Waals surface area contributed by atoms with Crippen molar-refractivity contribution in [2.75, 3.05) is 0 Å². The van der Waals surface area contributed by atoms with Crippen LogP contribution in [0.3, 0.4) is 0 Å². The van der Waals surface area contributed by atoms with Crippen LogP contribution in [0, 0.1) is 17.8 Å². The molecule has 5 rings (SSSR count). The first-order chi connectivity index (χ1) is 14.5. The van der Waals surface area contributed by atoms with E-state index in [4.69, 9.17) is 5.73 Å². The molecular formula is C26H40N2OS. The molecule has 2 atom stereocenters. The molecule has 4 saturated carbocycles. The third-order valence-electron chi connectivity index (χ3n) is 7.88. The van der Waals surface area contributed by atoms with Crippen LogP contribution in [0.25, 0.3) is 0 Å². The van der Waals surface area contributed by atoms with E-state index in [1.165, 1.54) is 56.9 Å². The van der Waals surface area contributed by atoms with Crippen LogP contribution in [0.4, 0.5) is 0 Å². The third kappa shape index (κ3) is 5.07. The fourth-order valence-corrected chi connectivity index (χ4v) is 7.98. The Morgan fingerprint density at radius 1 is 1.23 bits per heavy atom. The van der Waals surface area contributed by atoms with Crippen molar-refractivity contribution in [3.63, 3.8) is 0 Å². The van der Waals surface area contributed by atoms with E-state index in [-0.39, 0.29) is 22.7 Å². The first-order valence-corrected chi connectivity index (χ1v) is 13.1. The van der Waals surface area contributed by atoms with Crippen molar-refractivity contribution in [1.82, 2.24) is 5.32 Å². The Bertz CT molecular complexity index is 675. The normalized spacial score (nSPS) is 33.8. The molecule has 30 heavy (non-hydrogen) atoms. The van der Waals surface area contributed by atoms with Crippen LogP contribution >= 0.6 is 11.8 Å². The van der Waals surface area contributed by atoms with Crippen LogP contribution in [-0.4, -0.2) is 22.7 Å². The highest BCUT2D eigenvalue weighted by atomic mass is 32.2. The van der Waals surface area contributed by atoms with Gasteiger partial charge in [0.25, 0.3) is 5.91 Å². The van der Waals surface area contributed by atoms with Crippen molar-refractivity contribution in [3.05, 3.63) is 35.3 Å². The summed E-state index contributed by atoms with van der Waals surface area (Å²) < 4.78 is 0. The maximum Gasteiger partial charge on any atom is 0.257 e. The van der Waals surface area contributed by atoms with Gasteiger partial charge in [0.2, 0.25) is 0 Å². The lowest BCUT2D eigenvalue weighted by atomic mass is 9.53. The van der Waals surface area contributed by atoms with Gasteiger partial charge in [0, 0.05) is 16.8 Å². The van der Waals surface area contributed by atoms with Gasteiger partial charge in [-0.3, -0.25) is 4.79 Å². The minimum atomic E-state index is 0.0426. The zero-order chi connectivity index (χ0) is 21.1. The number of hydrogen-bond donors (Lipinski definition) is 2. The van der Waals surface area contributed by atoms with Crippen LogP contribution in [0.5, 0.6) is 0 Å². The van der Waals surface area contributed by atoms with Gasteiger partial charge < -0.3 is 11.1 Å². The molecule has 5 aliphatic carbocycles. The predicted octanol–water partition coefficient (Wildman–Crippen LogP) is 5.87. The van der Waals surface area contributed by atoms with Gasteiger partial charge in [0.1, 0.15) is 0 Å². The van der Waals surface area contributed by atoms with E-state index in [2.05, 4.69) is 37.0 Å². The summed E-state index contributed by atoms with van der Waals surface area (Å²) in [6.45, 7) is 6.44. The first kappa shape index (κ1) is 22.2. The second-order valence-corrected chi connectivity index (χ2v) is 11.7. The van der Waals surface area contributed by atoms with Gasteiger partial charge in [0.15, 0.2) is 0 Å². The second kappa shape index (κ2) is 9.65. The molecule has 4 fully saturated rings. The highest BCUT2D eigenvalue weighted by Gasteiger charge is 2.51. The molecular weight excluding hydrogens is 388 g/mol. The molecule has 4 bridgehead atoms. The van der Waals surface area contributed by atoms with Gasteiger partial charge in [-0.05, 0) is 75.5 Å². The predicted molar refractivity (Wildman–Crippen MR) is 128 cm³/mol. The second-order valence-electron chi connectivity index (χ2n) is 10.5. The standard InChI is InChI=1S/C26H40N2OS/c1-3-4-6-11-23(27)24(22-9-7-5-8-10-22)30-18(2)25(29)28-26-15-19-12-20(16-26)14-21(13-19)17-26/h5,7,9,19-21,23-24H,2-4,6,8,10-17,27H2,1H3,(H,28,29)/t19?,20?,21?,23-,24?,26?/m0/s1. The molecule has 1 unspecified atom stereocenters. The number of rotatable bonds is 10. The number of amides is 1. The molecule has 0 radical (unpaired) electrons. The SMILES string of the molecule is C=C(SC(C1=CC=CCC1)[C@@H](N)CCCCC)C(=O)NC12CC3CC(CC(C3)C1)C2. The topological polar surface area (TPSA) is 55.1 Å².